The Labute approximate surface area is 120 Å². The summed E-state index contributed by atoms with van der Waals surface area (Å²) < 4.78 is 5.40. The van der Waals surface area contributed by atoms with Gasteiger partial charge in [0.2, 0.25) is 0 Å². The van der Waals surface area contributed by atoms with Crippen LogP contribution in [-0.4, -0.2) is 12.1 Å². The Bertz CT molecular complexity index is 201. The second-order valence-corrected chi connectivity index (χ2v) is 5.67. The first-order chi connectivity index (χ1) is 9.20. The molecule has 114 valence electrons. The average Bonchev–Trinajstić information content (AvgIpc) is 2.38. The van der Waals surface area contributed by atoms with Gasteiger partial charge in [0.15, 0.2) is 0 Å². The van der Waals surface area contributed by atoms with Gasteiger partial charge in [0.05, 0.1) is 6.10 Å². The lowest BCUT2D eigenvalue weighted by molar-refractivity contribution is -0.148. The zero-order chi connectivity index (χ0) is 14.3. The predicted molar refractivity (Wildman–Crippen MR) is 82.3 cm³/mol. The summed E-state index contributed by atoms with van der Waals surface area (Å²) in [7, 11) is 0. The number of hydrogen-bond acceptors (Lipinski definition) is 2. The van der Waals surface area contributed by atoms with Crippen LogP contribution in [0.25, 0.3) is 0 Å². The van der Waals surface area contributed by atoms with Gasteiger partial charge in [0.25, 0.3) is 0 Å². The summed E-state index contributed by atoms with van der Waals surface area (Å²) in [6.45, 7) is 6.42. The third-order valence-electron chi connectivity index (χ3n) is 3.53. The molecule has 0 fully saturated rings. The zero-order valence-electron chi connectivity index (χ0n) is 13.4. The lowest BCUT2D eigenvalue weighted by Gasteiger charge is -2.13. The molecular weight excluding hydrogens is 236 g/mol. The first-order valence-corrected chi connectivity index (χ1v) is 8.40. The highest BCUT2D eigenvalue weighted by Gasteiger charge is 2.08. The van der Waals surface area contributed by atoms with Crippen LogP contribution < -0.4 is 0 Å². The highest BCUT2D eigenvalue weighted by molar-refractivity contribution is 5.69. The molecule has 0 radical (unpaired) electrons. The van der Waals surface area contributed by atoms with Crippen molar-refractivity contribution in [2.75, 3.05) is 0 Å². The molecule has 0 spiro atoms. The van der Waals surface area contributed by atoms with Gasteiger partial charge in [-0.1, -0.05) is 65.2 Å². The molecule has 1 atom stereocenters. The van der Waals surface area contributed by atoms with Crippen molar-refractivity contribution < 1.29 is 9.53 Å². The molecule has 0 rings (SSSR count). The molecule has 19 heavy (non-hydrogen) atoms. The molecule has 0 bridgehead atoms. The van der Waals surface area contributed by atoms with Crippen molar-refractivity contribution in [1.29, 1.82) is 0 Å². The summed E-state index contributed by atoms with van der Waals surface area (Å²) in [4.78, 5) is 11.5. The Morgan fingerprint density at radius 3 is 2.00 bits per heavy atom. The fourth-order valence-corrected chi connectivity index (χ4v) is 2.25. The van der Waals surface area contributed by atoms with E-state index in [-0.39, 0.29) is 12.1 Å². The van der Waals surface area contributed by atoms with Gasteiger partial charge in [-0.2, -0.15) is 0 Å². The SMILES string of the molecule is CCCCCCCCCC(C)OC(=O)CCCCC. The van der Waals surface area contributed by atoms with Gasteiger partial charge >= 0.3 is 5.97 Å². The van der Waals surface area contributed by atoms with Crippen molar-refractivity contribution in [3.05, 3.63) is 0 Å². The molecule has 0 aromatic rings. The van der Waals surface area contributed by atoms with E-state index in [0.29, 0.717) is 6.42 Å². The van der Waals surface area contributed by atoms with E-state index in [4.69, 9.17) is 4.74 Å². The summed E-state index contributed by atoms with van der Waals surface area (Å²) >= 11 is 0. The zero-order valence-corrected chi connectivity index (χ0v) is 13.4. The third-order valence-corrected chi connectivity index (χ3v) is 3.53. The molecule has 0 aliphatic heterocycles. The predicted octanol–water partition coefficient (Wildman–Crippen LogP) is 5.64. The van der Waals surface area contributed by atoms with Gasteiger partial charge in [-0.15, -0.1) is 0 Å². The molecule has 0 amide bonds. The van der Waals surface area contributed by atoms with E-state index in [2.05, 4.69) is 13.8 Å². The molecule has 0 aliphatic carbocycles. The van der Waals surface area contributed by atoms with Crippen molar-refractivity contribution in [1.82, 2.24) is 0 Å². The Morgan fingerprint density at radius 1 is 0.842 bits per heavy atom. The molecule has 0 saturated heterocycles. The second kappa shape index (κ2) is 13.9. The summed E-state index contributed by atoms with van der Waals surface area (Å²) in [5.41, 5.74) is 0. The number of ether oxygens (including phenoxy) is 1. The van der Waals surface area contributed by atoms with Crippen LogP contribution in [0.4, 0.5) is 0 Å². The van der Waals surface area contributed by atoms with E-state index in [9.17, 15) is 4.79 Å². The van der Waals surface area contributed by atoms with Gasteiger partial charge in [-0.25, -0.2) is 0 Å². The monoisotopic (exact) mass is 270 g/mol. The summed E-state index contributed by atoms with van der Waals surface area (Å²) in [6.07, 6.45) is 14.2. The van der Waals surface area contributed by atoms with Crippen LogP contribution in [0.1, 0.15) is 97.8 Å². The van der Waals surface area contributed by atoms with Crippen LogP contribution in [0.15, 0.2) is 0 Å². The highest BCUT2D eigenvalue weighted by Crippen LogP contribution is 2.12. The van der Waals surface area contributed by atoms with Crippen LogP contribution in [0.3, 0.4) is 0 Å². The van der Waals surface area contributed by atoms with Crippen LogP contribution in [0, 0.1) is 0 Å². The van der Waals surface area contributed by atoms with Crippen molar-refractivity contribution in [3.63, 3.8) is 0 Å². The minimum Gasteiger partial charge on any atom is -0.463 e. The molecule has 0 saturated carbocycles. The molecular formula is C17H34O2. The van der Waals surface area contributed by atoms with E-state index in [1.165, 1.54) is 44.9 Å². The fraction of sp³-hybridized carbons (Fsp3) is 0.941. The molecule has 0 aliphatic rings. The first-order valence-electron chi connectivity index (χ1n) is 8.40. The van der Waals surface area contributed by atoms with Crippen molar-refractivity contribution in [2.24, 2.45) is 0 Å². The third kappa shape index (κ3) is 13.7. The molecule has 0 heterocycles. The molecule has 2 nitrogen and oxygen atoms in total. The Morgan fingerprint density at radius 2 is 1.37 bits per heavy atom. The van der Waals surface area contributed by atoms with Crippen molar-refractivity contribution in [3.8, 4) is 0 Å². The van der Waals surface area contributed by atoms with Crippen LogP contribution in [-0.2, 0) is 9.53 Å². The smallest absolute Gasteiger partial charge is 0.306 e. The number of esters is 1. The lowest BCUT2D eigenvalue weighted by Crippen LogP contribution is -2.14. The average molecular weight is 270 g/mol. The maximum Gasteiger partial charge on any atom is 0.306 e. The van der Waals surface area contributed by atoms with E-state index in [1.54, 1.807) is 0 Å². The Hall–Kier alpha value is -0.530. The second-order valence-electron chi connectivity index (χ2n) is 5.67. The summed E-state index contributed by atoms with van der Waals surface area (Å²) in [5.74, 6) is -0.0103. The molecule has 1 unspecified atom stereocenters. The summed E-state index contributed by atoms with van der Waals surface area (Å²) in [6, 6.07) is 0. The number of unbranched alkanes of at least 4 members (excludes halogenated alkanes) is 8. The Balaban J connectivity index is 3.33. The number of hydrogen-bond donors (Lipinski definition) is 0. The maximum absolute atomic E-state index is 11.5. The largest absolute Gasteiger partial charge is 0.463 e. The van der Waals surface area contributed by atoms with Crippen molar-refractivity contribution in [2.45, 2.75) is 104 Å². The van der Waals surface area contributed by atoms with Gasteiger partial charge < -0.3 is 4.74 Å². The topological polar surface area (TPSA) is 26.3 Å². The standard InChI is InChI=1S/C17H34O2/c1-4-6-8-9-10-11-13-14-16(3)19-17(18)15-12-7-5-2/h16H,4-15H2,1-3H3. The van der Waals surface area contributed by atoms with E-state index in [1.807, 2.05) is 6.92 Å². The van der Waals surface area contributed by atoms with Crippen LogP contribution in [0.2, 0.25) is 0 Å². The molecule has 0 N–H and O–H groups in total. The summed E-state index contributed by atoms with van der Waals surface area (Å²) in [5, 5.41) is 0. The highest BCUT2D eigenvalue weighted by atomic mass is 16.5. The van der Waals surface area contributed by atoms with E-state index < -0.39 is 0 Å². The van der Waals surface area contributed by atoms with Gasteiger partial charge in [-0.05, 0) is 26.2 Å². The quantitative estimate of drug-likeness (QED) is 0.320. The number of rotatable bonds is 13. The molecule has 2 heteroatoms. The van der Waals surface area contributed by atoms with Gasteiger partial charge in [-0.3, -0.25) is 4.79 Å². The first kappa shape index (κ1) is 18.5. The van der Waals surface area contributed by atoms with Crippen LogP contribution in [0.5, 0.6) is 0 Å². The minimum atomic E-state index is -0.0103. The fourth-order valence-electron chi connectivity index (χ4n) is 2.25. The normalized spacial score (nSPS) is 12.4. The van der Waals surface area contributed by atoms with Gasteiger partial charge in [0, 0.05) is 6.42 Å². The van der Waals surface area contributed by atoms with Crippen LogP contribution >= 0.6 is 0 Å². The van der Waals surface area contributed by atoms with E-state index in [0.717, 1.165) is 25.7 Å². The number of carbonyl (C=O) groups is 1. The van der Waals surface area contributed by atoms with E-state index >= 15 is 0 Å². The lowest BCUT2D eigenvalue weighted by atomic mass is 10.1. The Kier molecular flexibility index (Phi) is 13.5. The maximum atomic E-state index is 11.5. The molecule has 0 aromatic carbocycles. The molecule has 0 aromatic heterocycles. The van der Waals surface area contributed by atoms with Gasteiger partial charge in [0.1, 0.15) is 0 Å². The van der Waals surface area contributed by atoms with Crippen molar-refractivity contribution >= 4 is 5.97 Å². The minimum absolute atomic E-state index is 0.0103. The number of carbonyl (C=O) groups excluding carboxylic acids is 1.